The Bertz CT molecular complexity index is 1200. The number of nitrogens with one attached hydrogen (secondary N) is 1. The molecule has 1 aliphatic rings. The van der Waals surface area contributed by atoms with E-state index in [1.165, 1.54) is 12.1 Å². The fourth-order valence-electron chi connectivity index (χ4n) is 4.42. The highest BCUT2D eigenvalue weighted by Gasteiger charge is 2.42. The maximum Gasteiger partial charge on any atom is 0.432 e. The van der Waals surface area contributed by atoms with Gasteiger partial charge in [0, 0.05) is 28.5 Å². The summed E-state index contributed by atoms with van der Waals surface area (Å²) in [4.78, 5) is 25.8. The highest BCUT2D eigenvalue weighted by molar-refractivity contribution is 6.45. The molecule has 0 aliphatic heterocycles. The number of nitrogens with zero attached hydrogens (tertiary/aromatic N) is 1. The number of phenols is 1. The van der Waals surface area contributed by atoms with Gasteiger partial charge < -0.3 is 15.0 Å². The van der Waals surface area contributed by atoms with Crippen LogP contribution in [0.4, 0.5) is 13.2 Å². The molecule has 1 saturated carbocycles. The third-order valence-electron chi connectivity index (χ3n) is 5.94. The summed E-state index contributed by atoms with van der Waals surface area (Å²) in [6.45, 7) is -0.204. The average molecular weight is 479 g/mol. The summed E-state index contributed by atoms with van der Waals surface area (Å²) >= 11 is 5.89. The predicted molar refractivity (Wildman–Crippen MR) is 119 cm³/mol. The number of halogens is 4. The van der Waals surface area contributed by atoms with Crippen LogP contribution in [-0.4, -0.2) is 27.4 Å². The Morgan fingerprint density at radius 1 is 1.06 bits per heavy atom. The van der Waals surface area contributed by atoms with Crippen LogP contribution in [0.1, 0.15) is 53.7 Å². The van der Waals surface area contributed by atoms with E-state index in [0.717, 1.165) is 29.9 Å². The first kappa shape index (κ1) is 23.2. The fraction of sp³-hybridized carbons (Fsp3) is 0.333. The average Bonchev–Trinajstić information content (AvgIpc) is 3.09. The first-order valence-corrected chi connectivity index (χ1v) is 11.0. The Hall–Kier alpha value is -3.00. The first-order chi connectivity index (χ1) is 15.6. The number of Topliss-reactive ketones (excluding diaryl/α,β-unsaturated/α-hetero) is 1. The van der Waals surface area contributed by atoms with Crippen molar-refractivity contribution in [2.75, 3.05) is 0 Å². The van der Waals surface area contributed by atoms with Gasteiger partial charge in [-0.25, -0.2) is 0 Å². The van der Waals surface area contributed by atoms with Gasteiger partial charge in [0.15, 0.2) is 0 Å². The van der Waals surface area contributed by atoms with Crippen LogP contribution in [-0.2, 0) is 17.5 Å². The zero-order valence-electron chi connectivity index (χ0n) is 17.6. The molecule has 9 heteroatoms. The smallest absolute Gasteiger partial charge is 0.432 e. The number of carbonyl (C=O) groups is 2. The van der Waals surface area contributed by atoms with Crippen molar-refractivity contribution in [2.24, 2.45) is 0 Å². The molecule has 0 spiro atoms. The quantitative estimate of drug-likeness (QED) is 0.365. The number of alkyl halides is 3. The maximum absolute atomic E-state index is 14.3. The number of rotatable bonds is 5. The molecule has 4 rings (SSSR count). The van der Waals surface area contributed by atoms with Crippen LogP contribution < -0.4 is 5.32 Å². The molecule has 1 heterocycles. The Kier molecular flexibility index (Phi) is 6.38. The number of phenolic OH excluding ortho intramolecular Hbond substituents is 1. The van der Waals surface area contributed by atoms with E-state index in [-0.39, 0.29) is 29.2 Å². The molecule has 5 nitrogen and oxygen atoms in total. The number of hydrogen-bond donors (Lipinski definition) is 2. The highest BCUT2D eigenvalue weighted by Crippen LogP contribution is 2.40. The Morgan fingerprint density at radius 2 is 1.73 bits per heavy atom. The lowest BCUT2D eigenvalue weighted by Gasteiger charge is -2.22. The van der Waals surface area contributed by atoms with Crippen LogP contribution in [0.3, 0.4) is 0 Å². The number of aromatic hydroxyl groups is 1. The lowest BCUT2D eigenvalue weighted by molar-refractivity contribution is -0.143. The number of ketones is 1. The lowest BCUT2D eigenvalue weighted by Crippen LogP contribution is -2.40. The van der Waals surface area contributed by atoms with Crippen molar-refractivity contribution in [1.82, 2.24) is 9.88 Å². The highest BCUT2D eigenvalue weighted by atomic mass is 35.5. The van der Waals surface area contributed by atoms with Gasteiger partial charge in [0.25, 0.3) is 11.7 Å². The normalized spacial score (nSPS) is 15.0. The van der Waals surface area contributed by atoms with Crippen molar-refractivity contribution in [2.45, 2.75) is 50.9 Å². The van der Waals surface area contributed by atoms with Crippen LogP contribution >= 0.6 is 11.6 Å². The van der Waals surface area contributed by atoms with E-state index >= 15 is 0 Å². The van der Waals surface area contributed by atoms with Crippen molar-refractivity contribution in [3.63, 3.8) is 0 Å². The van der Waals surface area contributed by atoms with Gasteiger partial charge in [-0.05, 0) is 48.7 Å². The van der Waals surface area contributed by atoms with Gasteiger partial charge in [0.05, 0.1) is 5.56 Å². The second kappa shape index (κ2) is 9.09. The van der Waals surface area contributed by atoms with Gasteiger partial charge >= 0.3 is 6.18 Å². The van der Waals surface area contributed by atoms with Crippen LogP contribution in [0, 0.1) is 0 Å². The van der Waals surface area contributed by atoms with Crippen molar-refractivity contribution < 1.29 is 27.9 Å². The molecule has 0 radical (unpaired) electrons. The van der Waals surface area contributed by atoms with Gasteiger partial charge in [0.2, 0.25) is 0 Å². The van der Waals surface area contributed by atoms with Crippen LogP contribution in [0.2, 0.25) is 5.02 Å². The molecule has 0 bridgehead atoms. The minimum Gasteiger partial charge on any atom is -0.508 e. The maximum atomic E-state index is 14.3. The van der Waals surface area contributed by atoms with Crippen LogP contribution in [0.25, 0.3) is 10.9 Å². The molecular weight excluding hydrogens is 457 g/mol. The molecule has 0 saturated heterocycles. The summed E-state index contributed by atoms with van der Waals surface area (Å²) < 4.78 is 43.9. The van der Waals surface area contributed by atoms with Crippen LogP contribution in [0.15, 0.2) is 42.5 Å². The molecule has 0 atom stereocenters. The minimum absolute atomic E-state index is 0.0869. The predicted octanol–water partition coefficient (Wildman–Crippen LogP) is 5.70. The first-order valence-electron chi connectivity index (χ1n) is 10.7. The summed E-state index contributed by atoms with van der Waals surface area (Å²) in [7, 11) is 0. The van der Waals surface area contributed by atoms with Gasteiger partial charge in [-0.15, -0.1) is 0 Å². The zero-order chi connectivity index (χ0) is 23.8. The summed E-state index contributed by atoms with van der Waals surface area (Å²) in [5, 5.41) is 12.9. The number of fused-ring (bicyclic) bond motifs is 1. The number of amides is 1. The Morgan fingerprint density at radius 3 is 2.36 bits per heavy atom. The van der Waals surface area contributed by atoms with Crippen LogP contribution in [0.5, 0.6) is 5.75 Å². The summed E-state index contributed by atoms with van der Waals surface area (Å²) in [6, 6.07) is 9.71. The zero-order valence-corrected chi connectivity index (χ0v) is 18.3. The van der Waals surface area contributed by atoms with E-state index < -0.39 is 29.1 Å². The molecule has 1 aliphatic carbocycles. The molecule has 33 heavy (non-hydrogen) atoms. The molecule has 2 N–H and O–H groups in total. The Balaban J connectivity index is 1.83. The van der Waals surface area contributed by atoms with E-state index in [1.54, 1.807) is 24.3 Å². The van der Waals surface area contributed by atoms with E-state index in [1.807, 2.05) is 0 Å². The summed E-state index contributed by atoms with van der Waals surface area (Å²) in [5.74, 6) is -2.64. The minimum atomic E-state index is -4.92. The second-order valence-corrected chi connectivity index (χ2v) is 8.71. The summed E-state index contributed by atoms with van der Waals surface area (Å²) in [5.41, 5.74) is -1.36. The fourth-order valence-corrected chi connectivity index (χ4v) is 4.54. The third kappa shape index (κ3) is 4.85. The van der Waals surface area contributed by atoms with Gasteiger partial charge in [-0.1, -0.05) is 43.0 Å². The summed E-state index contributed by atoms with van der Waals surface area (Å²) in [6.07, 6.45) is -0.746. The standard InChI is InChI=1S/C24H22ClF3N2O3/c25-15-8-6-14(7-9-15)13-30-19-11-10-17(31)12-18(19)20(22(30)24(26,27)28)21(32)23(33)29-16-4-2-1-3-5-16/h6-12,16,31H,1-5,13H2,(H,29,33). The molecule has 2 aromatic carbocycles. The SMILES string of the molecule is O=C(NC1CCCCC1)C(=O)c1c(C(F)(F)F)n(Cc2ccc(Cl)cc2)c2ccc(O)cc12. The topological polar surface area (TPSA) is 71.3 Å². The largest absolute Gasteiger partial charge is 0.508 e. The van der Waals surface area contributed by atoms with E-state index in [9.17, 15) is 27.9 Å². The van der Waals surface area contributed by atoms with Gasteiger partial charge in [-0.3, -0.25) is 9.59 Å². The van der Waals surface area contributed by atoms with Crippen molar-refractivity contribution in [3.8, 4) is 5.75 Å². The number of hydrogen-bond acceptors (Lipinski definition) is 3. The molecule has 1 amide bonds. The van der Waals surface area contributed by atoms with Crippen molar-refractivity contribution >= 4 is 34.2 Å². The molecule has 1 aromatic heterocycles. The third-order valence-corrected chi connectivity index (χ3v) is 6.20. The molecule has 0 unspecified atom stereocenters. The monoisotopic (exact) mass is 478 g/mol. The molecule has 174 valence electrons. The van der Waals surface area contributed by atoms with E-state index in [4.69, 9.17) is 11.6 Å². The second-order valence-electron chi connectivity index (χ2n) is 8.27. The number of benzene rings is 2. The molecule has 1 fully saturated rings. The number of carbonyl (C=O) groups excluding carboxylic acids is 2. The number of aromatic nitrogens is 1. The van der Waals surface area contributed by atoms with E-state index in [0.29, 0.717) is 23.4 Å². The van der Waals surface area contributed by atoms with Gasteiger partial charge in [-0.2, -0.15) is 13.2 Å². The molecule has 3 aromatic rings. The Labute approximate surface area is 193 Å². The van der Waals surface area contributed by atoms with Crippen molar-refractivity contribution in [1.29, 1.82) is 0 Å². The van der Waals surface area contributed by atoms with Gasteiger partial charge in [0.1, 0.15) is 11.4 Å². The van der Waals surface area contributed by atoms with Crippen molar-refractivity contribution in [3.05, 3.63) is 64.3 Å². The lowest BCUT2D eigenvalue weighted by atomic mass is 9.95. The van der Waals surface area contributed by atoms with E-state index in [2.05, 4.69) is 5.32 Å². The molecular formula is C24H22ClF3N2O3.